The fourth-order valence-electron chi connectivity index (χ4n) is 2.54. The highest BCUT2D eigenvalue weighted by molar-refractivity contribution is 8.00. The van der Waals surface area contributed by atoms with E-state index in [0.29, 0.717) is 17.9 Å². The van der Waals surface area contributed by atoms with Crippen molar-refractivity contribution in [2.75, 3.05) is 11.9 Å². The van der Waals surface area contributed by atoms with Crippen LogP contribution in [0.2, 0.25) is 0 Å². The van der Waals surface area contributed by atoms with Gasteiger partial charge in [-0.1, -0.05) is 41.6 Å². The van der Waals surface area contributed by atoms with E-state index >= 15 is 0 Å². The average Bonchev–Trinajstić information content (AvgIpc) is 3.15. The molecule has 29 heavy (non-hydrogen) atoms. The molecule has 5 nitrogen and oxygen atoms in total. The van der Waals surface area contributed by atoms with Gasteiger partial charge in [0.1, 0.15) is 4.34 Å². The molecule has 1 N–H and O–H groups in total. The van der Waals surface area contributed by atoms with Crippen LogP contribution in [0.15, 0.2) is 58.3 Å². The molecule has 0 bridgehead atoms. The molecular weight excluding hydrogens is 404 g/mol. The number of thiazole rings is 1. The lowest BCUT2D eigenvalue weighted by molar-refractivity contribution is -0.115. The molecule has 1 heterocycles. The normalized spacial score (nSPS) is 10.6. The molecular formula is C22H22N2O3S2. The first-order valence-electron chi connectivity index (χ1n) is 9.23. The number of hydrogen-bond acceptors (Lipinski definition) is 6. The predicted molar refractivity (Wildman–Crippen MR) is 118 cm³/mol. The van der Waals surface area contributed by atoms with Crippen molar-refractivity contribution in [3.05, 3.63) is 76.3 Å². The van der Waals surface area contributed by atoms with E-state index in [9.17, 15) is 9.59 Å². The maximum Gasteiger partial charge on any atom is 0.338 e. The highest BCUT2D eigenvalue weighted by Crippen LogP contribution is 2.26. The van der Waals surface area contributed by atoms with Gasteiger partial charge < -0.3 is 10.1 Å². The number of rotatable bonds is 8. The summed E-state index contributed by atoms with van der Waals surface area (Å²) in [6, 6.07) is 15.1. The van der Waals surface area contributed by atoms with Crippen molar-refractivity contribution < 1.29 is 14.3 Å². The summed E-state index contributed by atoms with van der Waals surface area (Å²) in [5.41, 5.74) is 4.34. The summed E-state index contributed by atoms with van der Waals surface area (Å²) >= 11 is 3.22. The molecule has 7 heteroatoms. The number of aryl methyl sites for hydroxylation is 1. The number of carbonyl (C=O) groups excluding carboxylic acids is 2. The molecule has 2 aromatic carbocycles. The minimum Gasteiger partial charge on any atom is -0.462 e. The lowest BCUT2D eigenvalue weighted by atomic mass is 10.2. The number of anilines is 1. The standard InChI is InChI=1S/C22H22N2O3S2/c1-3-27-21(26)17-8-10-18(11-9-17)23-20(25)12-19-14-29-22(24-19)28-13-16-6-4-15(2)5-7-16/h4-11,14H,3,12-13H2,1-2H3,(H,23,25). The summed E-state index contributed by atoms with van der Waals surface area (Å²) in [5, 5.41) is 4.75. The Morgan fingerprint density at radius 1 is 1.10 bits per heavy atom. The number of esters is 1. The zero-order valence-corrected chi connectivity index (χ0v) is 17.9. The fourth-order valence-corrected chi connectivity index (χ4v) is 4.34. The topological polar surface area (TPSA) is 68.3 Å². The Kier molecular flexibility index (Phi) is 7.43. The molecule has 0 radical (unpaired) electrons. The molecule has 0 fully saturated rings. The summed E-state index contributed by atoms with van der Waals surface area (Å²) in [7, 11) is 0. The molecule has 3 aromatic rings. The Morgan fingerprint density at radius 3 is 2.52 bits per heavy atom. The van der Waals surface area contributed by atoms with Crippen molar-refractivity contribution in [2.24, 2.45) is 0 Å². The van der Waals surface area contributed by atoms with Crippen molar-refractivity contribution >= 4 is 40.7 Å². The van der Waals surface area contributed by atoms with E-state index in [1.807, 2.05) is 5.38 Å². The number of benzene rings is 2. The maximum atomic E-state index is 12.3. The van der Waals surface area contributed by atoms with Crippen LogP contribution >= 0.6 is 23.1 Å². The van der Waals surface area contributed by atoms with Crippen LogP contribution in [0.4, 0.5) is 5.69 Å². The van der Waals surface area contributed by atoms with Crippen molar-refractivity contribution in [1.29, 1.82) is 0 Å². The Hall–Kier alpha value is -2.64. The maximum absolute atomic E-state index is 12.3. The van der Waals surface area contributed by atoms with Crippen LogP contribution in [0.3, 0.4) is 0 Å². The summed E-state index contributed by atoms with van der Waals surface area (Å²) in [4.78, 5) is 28.5. The number of hydrogen-bond donors (Lipinski definition) is 1. The smallest absolute Gasteiger partial charge is 0.338 e. The van der Waals surface area contributed by atoms with Crippen molar-refractivity contribution in [3.8, 4) is 0 Å². The van der Waals surface area contributed by atoms with E-state index in [2.05, 4.69) is 41.5 Å². The Bertz CT molecular complexity index is 966. The van der Waals surface area contributed by atoms with Gasteiger partial charge in [0, 0.05) is 16.8 Å². The summed E-state index contributed by atoms with van der Waals surface area (Å²) in [5.74, 6) is 0.337. The second kappa shape index (κ2) is 10.2. The first kappa shape index (κ1) is 21.1. The predicted octanol–water partition coefficient (Wildman–Crippen LogP) is 5.10. The van der Waals surface area contributed by atoms with Crippen LogP contribution in [0.5, 0.6) is 0 Å². The minimum absolute atomic E-state index is 0.144. The molecule has 3 rings (SSSR count). The number of amides is 1. The average molecular weight is 427 g/mol. The van der Waals surface area contributed by atoms with Gasteiger partial charge in [0.05, 0.1) is 24.3 Å². The van der Waals surface area contributed by atoms with Crippen LogP contribution < -0.4 is 5.32 Å². The lowest BCUT2D eigenvalue weighted by Gasteiger charge is -2.06. The molecule has 0 aliphatic carbocycles. The third-order valence-electron chi connectivity index (χ3n) is 4.04. The fraction of sp³-hybridized carbons (Fsp3) is 0.227. The molecule has 1 aromatic heterocycles. The van der Waals surface area contributed by atoms with E-state index in [1.165, 1.54) is 11.1 Å². The third-order valence-corrected chi connectivity index (χ3v) is 6.18. The molecule has 0 atom stereocenters. The monoisotopic (exact) mass is 426 g/mol. The number of ether oxygens (including phenoxy) is 1. The van der Waals surface area contributed by atoms with Gasteiger partial charge in [0.25, 0.3) is 0 Å². The van der Waals surface area contributed by atoms with Gasteiger partial charge in [-0.25, -0.2) is 9.78 Å². The Labute approximate surface area is 178 Å². The largest absolute Gasteiger partial charge is 0.462 e. The molecule has 0 spiro atoms. The van der Waals surface area contributed by atoms with Gasteiger partial charge in [-0.2, -0.15) is 0 Å². The van der Waals surface area contributed by atoms with E-state index < -0.39 is 0 Å². The third kappa shape index (κ3) is 6.44. The zero-order valence-electron chi connectivity index (χ0n) is 16.3. The Morgan fingerprint density at radius 2 is 1.83 bits per heavy atom. The highest BCUT2D eigenvalue weighted by Gasteiger charge is 2.10. The number of nitrogens with zero attached hydrogens (tertiary/aromatic N) is 1. The van der Waals surface area contributed by atoms with Crippen molar-refractivity contribution in [1.82, 2.24) is 4.98 Å². The summed E-state index contributed by atoms with van der Waals surface area (Å²) in [6.45, 7) is 4.16. The van der Waals surface area contributed by atoms with Gasteiger partial charge >= 0.3 is 5.97 Å². The van der Waals surface area contributed by atoms with Gasteiger partial charge in [-0.3, -0.25) is 4.79 Å². The van der Waals surface area contributed by atoms with Gasteiger partial charge in [0.15, 0.2) is 0 Å². The van der Waals surface area contributed by atoms with Crippen LogP contribution in [0.1, 0.15) is 34.1 Å². The van der Waals surface area contributed by atoms with E-state index in [-0.39, 0.29) is 18.3 Å². The van der Waals surface area contributed by atoms with E-state index in [4.69, 9.17) is 4.74 Å². The molecule has 0 unspecified atom stereocenters. The zero-order chi connectivity index (χ0) is 20.6. The summed E-state index contributed by atoms with van der Waals surface area (Å²) in [6.07, 6.45) is 0.210. The number of thioether (sulfide) groups is 1. The first-order valence-corrected chi connectivity index (χ1v) is 11.1. The van der Waals surface area contributed by atoms with E-state index in [0.717, 1.165) is 15.8 Å². The van der Waals surface area contributed by atoms with Gasteiger partial charge in [-0.05, 0) is 43.7 Å². The second-order valence-corrected chi connectivity index (χ2v) is 8.48. The first-order chi connectivity index (χ1) is 14.0. The number of aromatic nitrogens is 1. The quantitative estimate of drug-likeness (QED) is 0.401. The minimum atomic E-state index is -0.372. The second-order valence-electron chi connectivity index (χ2n) is 6.40. The summed E-state index contributed by atoms with van der Waals surface area (Å²) < 4.78 is 5.90. The molecule has 0 aliphatic heterocycles. The van der Waals surface area contributed by atoms with E-state index in [1.54, 1.807) is 54.3 Å². The molecule has 0 saturated heterocycles. The number of nitrogens with one attached hydrogen (secondary N) is 1. The molecule has 1 amide bonds. The highest BCUT2D eigenvalue weighted by atomic mass is 32.2. The van der Waals surface area contributed by atoms with Crippen LogP contribution in [0, 0.1) is 6.92 Å². The molecule has 0 aliphatic rings. The molecule has 0 saturated carbocycles. The van der Waals surface area contributed by atoms with Crippen LogP contribution in [-0.4, -0.2) is 23.5 Å². The lowest BCUT2D eigenvalue weighted by Crippen LogP contribution is -2.14. The van der Waals surface area contributed by atoms with Gasteiger partial charge in [-0.15, -0.1) is 11.3 Å². The number of carbonyl (C=O) groups is 2. The van der Waals surface area contributed by atoms with Crippen LogP contribution in [-0.2, 0) is 21.7 Å². The SMILES string of the molecule is CCOC(=O)c1ccc(NC(=O)Cc2csc(SCc3ccc(C)cc3)n2)cc1. The van der Waals surface area contributed by atoms with Crippen molar-refractivity contribution in [2.45, 2.75) is 30.4 Å². The van der Waals surface area contributed by atoms with Crippen LogP contribution in [0.25, 0.3) is 0 Å². The van der Waals surface area contributed by atoms with Gasteiger partial charge in [0.2, 0.25) is 5.91 Å². The van der Waals surface area contributed by atoms with Crippen molar-refractivity contribution in [3.63, 3.8) is 0 Å². The Balaban J connectivity index is 1.49. The molecule has 150 valence electrons.